The molecule has 7 nitrogen and oxygen atoms in total. The molecule has 0 aliphatic carbocycles. The lowest BCUT2D eigenvalue weighted by Gasteiger charge is -2.08. The first-order valence-corrected chi connectivity index (χ1v) is 9.68. The molecule has 3 aromatic carbocycles. The Kier molecular flexibility index (Phi) is 5.72. The average molecular weight is 420 g/mol. The van der Waals surface area contributed by atoms with Crippen LogP contribution < -0.4 is 5.32 Å². The van der Waals surface area contributed by atoms with Crippen LogP contribution in [0.5, 0.6) is 5.75 Å². The fourth-order valence-electron chi connectivity index (χ4n) is 3.07. The molecule has 0 unspecified atom stereocenters. The molecule has 0 spiro atoms. The molecule has 0 aliphatic heterocycles. The third-order valence-electron chi connectivity index (χ3n) is 4.68. The van der Waals surface area contributed by atoms with Crippen LogP contribution >= 0.6 is 11.6 Å². The number of hydrogen-bond donors (Lipinski definition) is 3. The number of aromatic amines is 1. The van der Waals surface area contributed by atoms with Gasteiger partial charge in [-0.05, 0) is 46.5 Å². The summed E-state index contributed by atoms with van der Waals surface area (Å²) < 4.78 is 0. The number of H-pyrrole nitrogens is 1. The summed E-state index contributed by atoms with van der Waals surface area (Å²) >= 11 is 5.89. The van der Waals surface area contributed by atoms with Gasteiger partial charge < -0.3 is 10.4 Å². The minimum atomic E-state index is -0.353. The van der Waals surface area contributed by atoms with Crippen molar-refractivity contribution in [2.45, 2.75) is 6.42 Å². The maximum absolute atomic E-state index is 12.2. The number of hydrogen-bond acceptors (Lipinski definition) is 5. The molecule has 30 heavy (non-hydrogen) atoms. The monoisotopic (exact) mass is 419 g/mol. The third kappa shape index (κ3) is 4.47. The molecular weight excluding hydrogens is 402 g/mol. The van der Waals surface area contributed by atoms with Crippen LogP contribution in [0.25, 0.3) is 22.5 Å². The molecule has 1 heterocycles. The number of aromatic hydroxyl groups is 1. The van der Waals surface area contributed by atoms with E-state index < -0.39 is 0 Å². The average Bonchev–Trinajstić information content (AvgIpc) is 3.31. The van der Waals surface area contributed by atoms with E-state index in [2.05, 4.69) is 25.9 Å². The van der Waals surface area contributed by atoms with Crippen molar-refractivity contribution in [1.29, 1.82) is 0 Å². The van der Waals surface area contributed by atoms with Crippen LogP contribution in [-0.2, 0) is 6.42 Å². The fraction of sp³-hybridized carbons (Fsp3) is 0.0909. The maximum Gasteiger partial charge on any atom is 0.255 e. The summed E-state index contributed by atoms with van der Waals surface area (Å²) in [5.41, 5.74) is 4.33. The second-order valence-corrected chi connectivity index (χ2v) is 7.11. The van der Waals surface area contributed by atoms with Gasteiger partial charge in [-0.1, -0.05) is 60.1 Å². The van der Waals surface area contributed by atoms with E-state index in [1.54, 1.807) is 0 Å². The maximum atomic E-state index is 12.2. The summed E-state index contributed by atoms with van der Waals surface area (Å²) in [6.45, 7) is 0.448. The predicted octanol–water partition coefficient (Wildman–Crippen LogP) is 3.87. The summed E-state index contributed by atoms with van der Waals surface area (Å²) in [5, 5.41) is 27.0. The third-order valence-corrected chi connectivity index (χ3v) is 4.91. The van der Waals surface area contributed by atoms with Crippen LogP contribution in [0.3, 0.4) is 0 Å². The Morgan fingerprint density at radius 1 is 0.967 bits per heavy atom. The van der Waals surface area contributed by atoms with E-state index in [1.807, 2.05) is 48.5 Å². The number of benzene rings is 3. The molecule has 150 valence electrons. The molecule has 3 N–H and O–H groups in total. The van der Waals surface area contributed by atoms with Crippen molar-refractivity contribution in [1.82, 2.24) is 25.9 Å². The molecule has 0 bridgehead atoms. The van der Waals surface area contributed by atoms with Crippen molar-refractivity contribution < 1.29 is 9.90 Å². The first-order chi connectivity index (χ1) is 14.6. The van der Waals surface area contributed by atoms with E-state index in [9.17, 15) is 9.90 Å². The molecule has 0 radical (unpaired) electrons. The Balaban J connectivity index is 1.35. The highest BCUT2D eigenvalue weighted by Crippen LogP contribution is 2.23. The minimum absolute atomic E-state index is 0.0911. The molecule has 0 saturated carbocycles. The molecule has 4 rings (SSSR count). The normalized spacial score (nSPS) is 10.7. The smallest absolute Gasteiger partial charge is 0.255 e. The molecule has 1 amide bonds. The van der Waals surface area contributed by atoms with Crippen molar-refractivity contribution >= 4 is 17.5 Å². The van der Waals surface area contributed by atoms with Crippen LogP contribution in [-0.4, -0.2) is 38.2 Å². The van der Waals surface area contributed by atoms with Crippen LogP contribution in [0.2, 0.25) is 5.02 Å². The van der Waals surface area contributed by atoms with Gasteiger partial charge in [0.25, 0.3) is 5.91 Å². The largest absolute Gasteiger partial charge is 0.507 e. The number of aromatic nitrogens is 4. The summed E-state index contributed by atoms with van der Waals surface area (Å²) in [5.74, 6) is 0.116. The van der Waals surface area contributed by atoms with E-state index in [0.29, 0.717) is 23.8 Å². The van der Waals surface area contributed by atoms with Crippen molar-refractivity contribution in [3.8, 4) is 28.3 Å². The predicted molar refractivity (Wildman–Crippen MR) is 114 cm³/mol. The highest BCUT2D eigenvalue weighted by molar-refractivity contribution is 6.31. The molecule has 0 aliphatic rings. The number of carbonyl (C=O) groups excluding carboxylic acids is 1. The van der Waals surface area contributed by atoms with E-state index in [0.717, 1.165) is 22.3 Å². The number of nitrogens with one attached hydrogen (secondary N) is 2. The number of halogens is 1. The van der Waals surface area contributed by atoms with Gasteiger partial charge in [0, 0.05) is 17.1 Å². The van der Waals surface area contributed by atoms with Gasteiger partial charge in [-0.15, -0.1) is 10.2 Å². The summed E-state index contributed by atoms with van der Waals surface area (Å²) in [6.07, 6.45) is 0.671. The second-order valence-electron chi connectivity index (χ2n) is 6.68. The highest BCUT2D eigenvalue weighted by atomic mass is 35.5. The highest BCUT2D eigenvalue weighted by Gasteiger charge is 2.11. The lowest BCUT2D eigenvalue weighted by atomic mass is 10.0. The topological polar surface area (TPSA) is 104 Å². The zero-order valence-corrected chi connectivity index (χ0v) is 16.6. The molecule has 0 atom stereocenters. The molecule has 0 saturated heterocycles. The van der Waals surface area contributed by atoms with Crippen molar-refractivity contribution in [2.24, 2.45) is 0 Å². The van der Waals surface area contributed by atoms with Crippen LogP contribution in [0.15, 0.2) is 66.7 Å². The summed E-state index contributed by atoms with van der Waals surface area (Å²) in [4.78, 5) is 12.2. The van der Waals surface area contributed by atoms with Gasteiger partial charge in [0.05, 0.1) is 5.56 Å². The molecule has 8 heteroatoms. The Hall–Kier alpha value is -3.71. The van der Waals surface area contributed by atoms with Crippen LogP contribution in [0, 0.1) is 0 Å². The lowest BCUT2D eigenvalue weighted by molar-refractivity contribution is 0.0951. The van der Waals surface area contributed by atoms with Crippen molar-refractivity contribution in [3.63, 3.8) is 0 Å². The standard InChI is InChI=1S/C22H18ClN5O2/c23-18-9-10-20(29)19(13-18)22(30)24-12-11-14-1-3-15(4-2-14)16-5-7-17(8-6-16)21-25-27-28-26-21/h1-10,13,29H,11-12H2,(H,24,30)(H,25,26,27,28). The zero-order valence-electron chi connectivity index (χ0n) is 15.8. The SMILES string of the molecule is O=C(NCCc1ccc(-c2ccc(-c3nn[nH]n3)cc2)cc1)c1cc(Cl)ccc1O. The van der Waals surface area contributed by atoms with Crippen molar-refractivity contribution in [2.75, 3.05) is 6.54 Å². The summed E-state index contributed by atoms with van der Waals surface area (Å²) in [7, 11) is 0. The van der Waals surface area contributed by atoms with E-state index in [1.165, 1.54) is 18.2 Å². The number of tetrazole rings is 1. The van der Waals surface area contributed by atoms with Crippen LogP contribution in [0.4, 0.5) is 0 Å². The van der Waals surface area contributed by atoms with Gasteiger partial charge in [0.2, 0.25) is 5.82 Å². The van der Waals surface area contributed by atoms with Gasteiger partial charge in [-0.2, -0.15) is 5.21 Å². The van der Waals surface area contributed by atoms with E-state index in [-0.39, 0.29) is 17.2 Å². The first-order valence-electron chi connectivity index (χ1n) is 9.30. The Bertz CT molecular complexity index is 1140. The number of nitrogens with zero attached hydrogens (tertiary/aromatic N) is 3. The van der Waals surface area contributed by atoms with Crippen molar-refractivity contribution in [3.05, 3.63) is 82.9 Å². The number of phenolic OH excluding ortho intramolecular Hbond substituents is 1. The Morgan fingerprint density at radius 2 is 1.63 bits per heavy atom. The lowest BCUT2D eigenvalue weighted by Crippen LogP contribution is -2.25. The molecular formula is C22H18ClN5O2. The zero-order chi connectivity index (χ0) is 20.9. The summed E-state index contributed by atoms with van der Waals surface area (Å²) in [6, 6.07) is 20.5. The van der Waals surface area contributed by atoms with Crippen LogP contribution in [0.1, 0.15) is 15.9 Å². The molecule has 0 fully saturated rings. The first kappa shape index (κ1) is 19.6. The second kappa shape index (κ2) is 8.75. The number of rotatable bonds is 6. The number of amides is 1. The fourth-order valence-corrected chi connectivity index (χ4v) is 3.24. The number of carbonyl (C=O) groups is 1. The molecule has 4 aromatic rings. The molecule has 1 aromatic heterocycles. The van der Waals surface area contributed by atoms with E-state index >= 15 is 0 Å². The Labute approximate surface area is 177 Å². The Morgan fingerprint density at radius 3 is 2.30 bits per heavy atom. The quantitative estimate of drug-likeness (QED) is 0.440. The van der Waals surface area contributed by atoms with Gasteiger partial charge >= 0.3 is 0 Å². The number of phenols is 1. The van der Waals surface area contributed by atoms with Gasteiger partial charge in [-0.25, -0.2) is 0 Å². The van der Waals surface area contributed by atoms with Gasteiger partial charge in [-0.3, -0.25) is 4.79 Å². The minimum Gasteiger partial charge on any atom is -0.507 e. The van der Waals surface area contributed by atoms with Gasteiger partial charge in [0.1, 0.15) is 5.75 Å². The van der Waals surface area contributed by atoms with E-state index in [4.69, 9.17) is 11.6 Å². The van der Waals surface area contributed by atoms with Gasteiger partial charge in [0.15, 0.2) is 0 Å².